The SMILES string of the molecule is COc1ccc(NC(=O)C(NC(=O)c2ccco2)C(C)C)cc1OC. The van der Waals surface area contributed by atoms with Crippen molar-refractivity contribution in [2.24, 2.45) is 5.92 Å². The summed E-state index contributed by atoms with van der Waals surface area (Å²) in [5, 5.41) is 5.47. The molecule has 7 heteroatoms. The Balaban J connectivity index is 2.11. The van der Waals surface area contributed by atoms with Crippen molar-refractivity contribution in [3.05, 3.63) is 42.4 Å². The van der Waals surface area contributed by atoms with Crippen molar-refractivity contribution in [3.8, 4) is 11.5 Å². The number of anilines is 1. The van der Waals surface area contributed by atoms with Crippen LogP contribution in [0.3, 0.4) is 0 Å². The van der Waals surface area contributed by atoms with Crippen molar-refractivity contribution >= 4 is 17.5 Å². The van der Waals surface area contributed by atoms with Crippen molar-refractivity contribution in [1.29, 1.82) is 0 Å². The summed E-state index contributed by atoms with van der Waals surface area (Å²) in [5.41, 5.74) is 0.542. The smallest absolute Gasteiger partial charge is 0.287 e. The van der Waals surface area contributed by atoms with E-state index in [1.165, 1.54) is 20.5 Å². The van der Waals surface area contributed by atoms with Crippen LogP contribution in [0.15, 0.2) is 41.0 Å². The Morgan fingerprint density at radius 3 is 2.36 bits per heavy atom. The molecule has 0 bridgehead atoms. The van der Waals surface area contributed by atoms with Crippen LogP contribution in [0.25, 0.3) is 0 Å². The van der Waals surface area contributed by atoms with Crippen molar-refractivity contribution < 1.29 is 23.5 Å². The molecule has 0 radical (unpaired) electrons. The van der Waals surface area contributed by atoms with Crippen LogP contribution in [0.4, 0.5) is 5.69 Å². The fraction of sp³-hybridized carbons (Fsp3) is 0.333. The van der Waals surface area contributed by atoms with Gasteiger partial charge in [0.2, 0.25) is 5.91 Å². The number of benzene rings is 1. The van der Waals surface area contributed by atoms with Gasteiger partial charge < -0.3 is 24.5 Å². The van der Waals surface area contributed by atoms with Crippen LogP contribution in [0.2, 0.25) is 0 Å². The molecular formula is C18H22N2O5. The fourth-order valence-electron chi connectivity index (χ4n) is 2.29. The molecule has 1 aromatic heterocycles. The number of methoxy groups -OCH3 is 2. The monoisotopic (exact) mass is 346 g/mol. The number of carbonyl (C=O) groups is 2. The Hall–Kier alpha value is -2.96. The van der Waals surface area contributed by atoms with Gasteiger partial charge >= 0.3 is 0 Å². The van der Waals surface area contributed by atoms with Crippen molar-refractivity contribution in [2.75, 3.05) is 19.5 Å². The maximum Gasteiger partial charge on any atom is 0.287 e. The van der Waals surface area contributed by atoms with Crippen molar-refractivity contribution in [3.63, 3.8) is 0 Å². The molecule has 0 saturated heterocycles. The minimum Gasteiger partial charge on any atom is -0.493 e. The molecule has 0 spiro atoms. The van der Waals surface area contributed by atoms with Gasteiger partial charge in [0.1, 0.15) is 6.04 Å². The second kappa shape index (κ2) is 8.23. The highest BCUT2D eigenvalue weighted by molar-refractivity contribution is 6.00. The summed E-state index contributed by atoms with van der Waals surface area (Å²) in [6.45, 7) is 3.70. The van der Waals surface area contributed by atoms with Crippen LogP contribution in [0, 0.1) is 5.92 Å². The molecule has 7 nitrogen and oxygen atoms in total. The molecule has 1 heterocycles. The topological polar surface area (TPSA) is 89.8 Å². The first-order chi connectivity index (χ1) is 12.0. The van der Waals surface area contributed by atoms with Crippen molar-refractivity contribution in [1.82, 2.24) is 5.32 Å². The lowest BCUT2D eigenvalue weighted by Gasteiger charge is -2.21. The minimum absolute atomic E-state index is 0.112. The molecule has 2 rings (SSSR count). The van der Waals surface area contributed by atoms with E-state index in [9.17, 15) is 9.59 Å². The van der Waals surface area contributed by atoms with E-state index < -0.39 is 11.9 Å². The molecule has 0 aliphatic heterocycles. The van der Waals surface area contributed by atoms with E-state index in [0.717, 1.165) is 0 Å². The molecule has 0 aliphatic carbocycles. The molecule has 1 unspecified atom stereocenters. The number of nitrogens with one attached hydrogen (secondary N) is 2. The predicted octanol–water partition coefficient (Wildman–Crippen LogP) is 2.69. The molecular weight excluding hydrogens is 324 g/mol. The average molecular weight is 346 g/mol. The van der Waals surface area contributed by atoms with E-state index in [1.807, 2.05) is 13.8 Å². The van der Waals surface area contributed by atoms with Gasteiger partial charge in [0.25, 0.3) is 5.91 Å². The Labute approximate surface area is 146 Å². The Bertz CT molecular complexity index is 725. The maximum atomic E-state index is 12.6. The molecule has 1 atom stereocenters. The highest BCUT2D eigenvalue weighted by atomic mass is 16.5. The van der Waals surface area contributed by atoms with Gasteiger partial charge in [-0.25, -0.2) is 0 Å². The summed E-state index contributed by atoms with van der Waals surface area (Å²) in [5.74, 6) is 0.338. The quantitative estimate of drug-likeness (QED) is 0.804. The van der Waals surface area contributed by atoms with Crippen LogP contribution in [-0.4, -0.2) is 32.1 Å². The van der Waals surface area contributed by atoms with Gasteiger partial charge in [0.05, 0.1) is 20.5 Å². The van der Waals surface area contributed by atoms with Gasteiger partial charge in [-0.15, -0.1) is 0 Å². The molecule has 2 amide bonds. The summed E-state index contributed by atoms with van der Waals surface area (Å²) in [7, 11) is 3.05. The van der Waals surface area contributed by atoms with E-state index in [-0.39, 0.29) is 17.6 Å². The lowest BCUT2D eigenvalue weighted by molar-refractivity contribution is -0.118. The molecule has 0 aliphatic rings. The van der Waals surface area contributed by atoms with E-state index in [4.69, 9.17) is 13.9 Å². The average Bonchev–Trinajstić information content (AvgIpc) is 3.13. The summed E-state index contributed by atoms with van der Waals surface area (Å²) in [4.78, 5) is 24.7. The number of hydrogen-bond donors (Lipinski definition) is 2. The number of ether oxygens (including phenoxy) is 2. The Kier molecular flexibility index (Phi) is 6.05. The molecule has 2 aromatic rings. The third-order valence-corrected chi connectivity index (χ3v) is 3.63. The first kappa shape index (κ1) is 18.4. The number of rotatable bonds is 7. The molecule has 134 valence electrons. The summed E-state index contributed by atoms with van der Waals surface area (Å²) >= 11 is 0. The van der Waals surface area contributed by atoms with E-state index in [0.29, 0.717) is 17.2 Å². The third kappa shape index (κ3) is 4.53. The largest absolute Gasteiger partial charge is 0.493 e. The van der Waals surface area contributed by atoms with E-state index in [1.54, 1.807) is 30.3 Å². The fourth-order valence-corrected chi connectivity index (χ4v) is 2.29. The van der Waals surface area contributed by atoms with Gasteiger partial charge in [-0.05, 0) is 30.2 Å². The zero-order valence-electron chi connectivity index (χ0n) is 14.7. The molecule has 2 N–H and O–H groups in total. The minimum atomic E-state index is -0.717. The molecule has 0 fully saturated rings. The normalized spacial score (nSPS) is 11.7. The van der Waals surface area contributed by atoms with Crippen LogP contribution in [0.5, 0.6) is 11.5 Å². The maximum absolute atomic E-state index is 12.6. The highest BCUT2D eigenvalue weighted by Crippen LogP contribution is 2.29. The molecule has 0 saturated carbocycles. The zero-order valence-corrected chi connectivity index (χ0v) is 14.7. The van der Waals surface area contributed by atoms with E-state index >= 15 is 0 Å². The van der Waals surface area contributed by atoms with Gasteiger partial charge in [0.15, 0.2) is 17.3 Å². The number of amides is 2. The first-order valence-corrected chi connectivity index (χ1v) is 7.83. The molecule has 25 heavy (non-hydrogen) atoms. The first-order valence-electron chi connectivity index (χ1n) is 7.83. The lowest BCUT2D eigenvalue weighted by atomic mass is 10.0. The third-order valence-electron chi connectivity index (χ3n) is 3.63. The predicted molar refractivity (Wildman–Crippen MR) is 93.0 cm³/mol. The van der Waals surface area contributed by atoms with Gasteiger partial charge in [0, 0.05) is 11.8 Å². The lowest BCUT2D eigenvalue weighted by Crippen LogP contribution is -2.47. The summed E-state index contributed by atoms with van der Waals surface area (Å²) < 4.78 is 15.4. The van der Waals surface area contributed by atoms with Crippen LogP contribution < -0.4 is 20.1 Å². The molecule has 1 aromatic carbocycles. The summed E-state index contributed by atoms with van der Waals surface area (Å²) in [6, 6.07) is 7.49. The van der Waals surface area contributed by atoms with Gasteiger partial charge in [-0.3, -0.25) is 9.59 Å². The Morgan fingerprint density at radius 2 is 1.80 bits per heavy atom. The van der Waals surface area contributed by atoms with Gasteiger partial charge in [-0.1, -0.05) is 13.8 Å². The number of carbonyl (C=O) groups excluding carboxylic acids is 2. The zero-order chi connectivity index (χ0) is 18.4. The number of hydrogen-bond acceptors (Lipinski definition) is 5. The number of furan rings is 1. The summed E-state index contributed by atoms with van der Waals surface area (Å²) in [6.07, 6.45) is 1.41. The Morgan fingerprint density at radius 1 is 1.08 bits per heavy atom. The van der Waals surface area contributed by atoms with Gasteiger partial charge in [-0.2, -0.15) is 0 Å². The van der Waals surface area contributed by atoms with Crippen LogP contribution in [-0.2, 0) is 4.79 Å². The van der Waals surface area contributed by atoms with Crippen molar-refractivity contribution in [2.45, 2.75) is 19.9 Å². The van der Waals surface area contributed by atoms with Crippen LogP contribution >= 0.6 is 0 Å². The van der Waals surface area contributed by atoms with Crippen LogP contribution in [0.1, 0.15) is 24.4 Å². The highest BCUT2D eigenvalue weighted by Gasteiger charge is 2.26. The standard InChI is InChI=1S/C18H22N2O5/c1-11(2)16(20-17(21)14-6-5-9-25-14)18(22)19-12-7-8-13(23-3)15(10-12)24-4/h5-11,16H,1-4H3,(H,19,22)(H,20,21). The van der Waals surface area contributed by atoms with E-state index in [2.05, 4.69) is 10.6 Å². The second-order valence-corrected chi connectivity index (χ2v) is 5.73. The second-order valence-electron chi connectivity index (χ2n) is 5.73.